The van der Waals surface area contributed by atoms with E-state index in [9.17, 15) is 4.79 Å². The fourth-order valence-corrected chi connectivity index (χ4v) is 3.34. The van der Waals surface area contributed by atoms with E-state index in [1.54, 1.807) is 0 Å². The number of aryl methyl sites for hydroxylation is 1. The molecule has 0 aliphatic carbocycles. The van der Waals surface area contributed by atoms with Crippen LogP contribution >= 0.6 is 0 Å². The van der Waals surface area contributed by atoms with E-state index in [0.29, 0.717) is 12.3 Å². The van der Waals surface area contributed by atoms with Gasteiger partial charge in [0.1, 0.15) is 5.58 Å². The molecule has 2 aromatic carbocycles. The van der Waals surface area contributed by atoms with Gasteiger partial charge in [-0.15, -0.1) is 0 Å². The zero-order valence-electron chi connectivity index (χ0n) is 15.7. The predicted molar refractivity (Wildman–Crippen MR) is 107 cm³/mol. The van der Waals surface area contributed by atoms with Gasteiger partial charge in [0.25, 0.3) is 5.91 Å². The fourth-order valence-electron chi connectivity index (χ4n) is 3.34. The summed E-state index contributed by atoms with van der Waals surface area (Å²) in [4.78, 5) is 12.8. The summed E-state index contributed by atoms with van der Waals surface area (Å²) in [6.07, 6.45) is 5.87. The largest absolute Gasteiger partial charge is 0.450 e. The van der Waals surface area contributed by atoms with Crippen LogP contribution in [0.5, 0.6) is 0 Å². The highest BCUT2D eigenvalue weighted by Gasteiger charge is 2.22. The van der Waals surface area contributed by atoms with Crippen LogP contribution in [0.3, 0.4) is 0 Å². The van der Waals surface area contributed by atoms with E-state index >= 15 is 0 Å². The van der Waals surface area contributed by atoms with E-state index in [1.165, 1.54) is 19.3 Å². The lowest BCUT2D eigenvalue weighted by molar-refractivity contribution is 0.0928. The third-order valence-corrected chi connectivity index (χ3v) is 4.78. The van der Waals surface area contributed by atoms with Crippen molar-refractivity contribution >= 4 is 16.9 Å². The Kier molecular flexibility index (Phi) is 6.11. The van der Waals surface area contributed by atoms with Crippen molar-refractivity contribution in [1.82, 2.24) is 5.32 Å². The smallest absolute Gasteiger partial charge is 0.287 e. The van der Waals surface area contributed by atoms with Gasteiger partial charge in [-0.1, -0.05) is 75.1 Å². The Morgan fingerprint density at radius 3 is 2.50 bits per heavy atom. The normalized spacial score (nSPS) is 11.0. The molecule has 0 fully saturated rings. The monoisotopic (exact) mass is 349 g/mol. The number of rotatable bonds is 8. The molecule has 1 N–H and O–H groups in total. The first-order valence-corrected chi connectivity index (χ1v) is 9.58. The molecule has 0 saturated heterocycles. The van der Waals surface area contributed by atoms with E-state index in [1.807, 2.05) is 42.5 Å². The summed E-state index contributed by atoms with van der Waals surface area (Å²) in [6, 6.07) is 16.0. The van der Waals surface area contributed by atoms with Crippen LogP contribution in [0.25, 0.3) is 22.1 Å². The summed E-state index contributed by atoms with van der Waals surface area (Å²) < 4.78 is 5.95. The number of furan rings is 1. The number of carbonyl (C=O) groups excluding carboxylic acids is 1. The van der Waals surface area contributed by atoms with Gasteiger partial charge in [0.2, 0.25) is 5.76 Å². The molecule has 3 aromatic rings. The van der Waals surface area contributed by atoms with Crippen molar-refractivity contribution in [2.45, 2.75) is 46.0 Å². The molecule has 0 bridgehead atoms. The van der Waals surface area contributed by atoms with Crippen LogP contribution in [0.15, 0.2) is 52.9 Å². The first-order valence-electron chi connectivity index (χ1n) is 9.58. The Labute approximate surface area is 155 Å². The molecule has 0 aliphatic heterocycles. The number of hydrogen-bond donors (Lipinski definition) is 1. The van der Waals surface area contributed by atoms with Gasteiger partial charge < -0.3 is 9.73 Å². The number of fused-ring (bicyclic) bond motifs is 1. The molecule has 26 heavy (non-hydrogen) atoms. The average Bonchev–Trinajstić information content (AvgIpc) is 3.04. The topological polar surface area (TPSA) is 42.2 Å². The second-order valence-electron chi connectivity index (χ2n) is 6.79. The minimum Gasteiger partial charge on any atom is -0.450 e. The molecule has 136 valence electrons. The summed E-state index contributed by atoms with van der Waals surface area (Å²) >= 11 is 0. The Bertz CT molecular complexity index is 879. The summed E-state index contributed by atoms with van der Waals surface area (Å²) in [5.41, 5.74) is 3.82. The van der Waals surface area contributed by atoms with Gasteiger partial charge in [0.15, 0.2) is 0 Å². The molecule has 3 rings (SSSR count). The summed E-state index contributed by atoms with van der Waals surface area (Å²) in [6.45, 7) is 4.95. The third-order valence-electron chi connectivity index (χ3n) is 4.78. The Morgan fingerprint density at radius 1 is 0.962 bits per heavy atom. The van der Waals surface area contributed by atoms with Crippen molar-refractivity contribution in [3.05, 3.63) is 59.9 Å². The maximum Gasteiger partial charge on any atom is 0.287 e. The number of hydrogen-bond acceptors (Lipinski definition) is 2. The first-order chi connectivity index (χ1) is 12.7. The number of amides is 1. The summed E-state index contributed by atoms with van der Waals surface area (Å²) in [7, 11) is 0. The minimum absolute atomic E-state index is 0.130. The zero-order valence-corrected chi connectivity index (χ0v) is 15.7. The Balaban J connectivity index is 1.85. The zero-order chi connectivity index (χ0) is 18.4. The molecule has 0 saturated carbocycles. The lowest BCUT2D eigenvalue weighted by Crippen LogP contribution is -2.24. The van der Waals surface area contributed by atoms with Gasteiger partial charge in [-0.2, -0.15) is 0 Å². The SMILES string of the molecule is CCCCCCCNC(=O)c1oc2ccccc2c1-c1ccccc1C. The van der Waals surface area contributed by atoms with Gasteiger partial charge in [0.05, 0.1) is 0 Å². The maximum absolute atomic E-state index is 12.8. The Hall–Kier alpha value is -2.55. The highest BCUT2D eigenvalue weighted by molar-refractivity contribution is 6.08. The molecule has 1 aromatic heterocycles. The van der Waals surface area contributed by atoms with Crippen molar-refractivity contribution in [3.8, 4) is 11.1 Å². The average molecular weight is 349 g/mol. The van der Waals surface area contributed by atoms with Gasteiger partial charge in [0, 0.05) is 17.5 Å². The highest BCUT2D eigenvalue weighted by Crippen LogP contribution is 2.36. The van der Waals surface area contributed by atoms with Crippen molar-refractivity contribution in [2.24, 2.45) is 0 Å². The second-order valence-corrected chi connectivity index (χ2v) is 6.79. The van der Waals surface area contributed by atoms with Gasteiger partial charge in [-0.25, -0.2) is 0 Å². The molecule has 1 heterocycles. The molecule has 0 spiro atoms. The molecular weight excluding hydrogens is 322 g/mol. The van der Waals surface area contributed by atoms with Gasteiger partial charge >= 0.3 is 0 Å². The van der Waals surface area contributed by atoms with Crippen molar-refractivity contribution in [1.29, 1.82) is 0 Å². The molecule has 1 amide bonds. The fraction of sp³-hybridized carbons (Fsp3) is 0.348. The molecule has 0 aliphatic rings. The van der Waals surface area contributed by atoms with Crippen LogP contribution in [-0.2, 0) is 0 Å². The van der Waals surface area contributed by atoms with E-state index < -0.39 is 0 Å². The van der Waals surface area contributed by atoms with Gasteiger partial charge in [-0.05, 0) is 30.5 Å². The first kappa shape index (κ1) is 18.2. The van der Waals surface area contributed by atoms with E-state index in [4.69, 9.17) is 4.42 Å². The molecule has 0 unspecified atom stereocenters. The van der Waals surface area contributed by atoms with E-state index in [-0.39, 0.29) is 5.91 Å². The number of nitrogens with one attached hydrogen (secondary N) is 1. The number of unbranched alkanes of at least 4 members (excludes halogenated alkanes) is 4. The lowest BCUT2D eigenvalue weighted by atomic mass is 9.97. The molecule has 0 atom stereocenters. The van der Waals surface area contributed by atoms with Gasteiger partial charge in [-0.3, -0.25) is 4.79 Å². The predicted octanol–water partition coefficient (Wildman–Crippen LogP) is 6.11. The summed E-state index contributed by atoms with van der Waals surface area (Å²) in [5.74, 6) is 0.281. The standard InChI is InChI=1S/C23H27NO2/c1-3-4-5-6-11-16-24-23(25)22-21(18-13-8-7-12-17(18)2)19-14-9-10-15-20(19)26-22/h7-10,12-15H,3-6,11,16H2,1-2H3,(H,24,25). The Morgan fingerprint density at radius 2 is 1.69 bits per heavy atom. The van der Waals surface area contributed by atoms with Crippen LogP contribution in [0, 0.1) is 6.92 Å². The minimum atomic E-state index is -0.130. The molecule has 3 nitrogen and oxygen atoms in total. The van der Waals surface area contributed by atoms with Crippen LogP contribution in [0.4, 0.5) is 0 Å². The van der Waals surface area contributed by atoms with Crippen molar-refractivity contribution in [2.75, 3.05) is 6.54 Å². The number of benzene rings is 2. The highest BCUT2D eigenvalue weighted by atomic mass is 16.3. The maximum atomic E-state index is 12.8. The van der Waals surface area contributed by atoms with Crippen LogP contribution in [-0.4, -0.2) is 12.5 Å². The summed E-state index contributed by atoms with van der Waals surface area (Å²) in [5, 5.41) is 4.02. The van der Waals surface area contributed by atoms with E-state index in [2.05, 4.69) is 25.2 Å². The molecule has 3 heteroatoms. The van der Waals surface area contributed by atoms with E-state index in [0.717, 1.165) is 40.5 Å². The number of carbonyl (C=O) groups is 1. The van der Waals surface area contributed by atoms with Crippen molar-refractivity contribution in [3.63, 3.8) is 0 Å². The number of para-hydroxylation sites is 1. The van der Waals surface area contributed by atoms with Crippen LogP contribution in [0.2, 0.25) is 0 Å². The van der Waals surface area contributed by atoms with Crippen LogP contribution < -0.4 is 5.32 Å². The molecular formula is C23H27NO2. The second kappa shape index (κ2) is 8.70. The quantitative estimate of drug-likeness (QED) is 0.499. The van der Waals surface area contributed by atoms with Crippen molar-refractivity contribution < 1.29 is 9.21 Å². The third kappa shape index (κ3) is 3.98. The van der Waals surface area contributed by atoms with Crippen LogP contribution in [0.1, 0.15) is 55.1 Å². The lowest BCUT2D eigenvalue weighted by Gasteiger charge is -2.08. The molecule has 0 radical (unpaired) electrons.